The van der Waals surface area contributed by atoms with Crippen LogP contribution < -0.4 is 16.8 Å². The minimum atomic E-state index is 0.127. The quantitative estimate of drug-likeness (QED) is 0.767. The molecule has 5 N–H and O–H groups in total. The van der Waals surface area contributed by atoms with Gasteiger partial charge in [-0.25, -0.2) is 4.98 Å². The molecular weight excluding hydrogens is 348 g/mol. The first-order valence-electron chi connectivity index (χ1n) is 9.91. The summed E-state index contributed by atoms with van der Waals surface area (Å²) in [6, 6.07) is 0.677. The van der Waals surface area contributed by atoms with E-state index in [4.69, 9.17) is 28.1 Å². The summed E-state index contributed by atoms with van der Waals surface area (Å²) in [5.41, 5.74) is 15.8. The van der Waals surface area contributed by atoms with Gasteiger partial charge in [-0.1, -0.05) is 24.4 Å². The molecule has 0 bridgehead atoms. The largest absolute Gasteiger partial charge is 0.367 e. The Morgan fingerprint density at radius 1 is 1.31 bits per heavy atom. The molecule has 3 aliphatic rings. The molecule has 3 aliphatic carbocycles. The third-order valence-electron chi connectivity index (χ3n) is 7.00. The second-order valence-corrected chi connectivity index (χ2v) is 8.84. The van der Waals surface area contributed by atoms with Crippen molar-refractivity contribution >= 4 is 23.1 Å². The van der Waals surface area contributed by atoms with Crippen molar-refractivity contribution < 1.29 is 0 Å². The molecule has 2 aromatic rings. The molecular formula is C19H27ClN6. The van der Waals surface area contributed by atoms with Gasteiger partial charge >= 0.3 is 0 Å². The van der Waals surface area contributed by atoms with Crippen molar-refractivity contribution in [3.63, 3.8) is 0 Å². The van der Waals surface area contributed by atoms with Crippen LogP contribution in [0.5, 0.6) is 0 Å². The maximum atomic E-state index is 6.43. The summed E-state index contributed by atoms with van der Waals surface area (Å²) in [5.74, 6) is 1.53. The number of halogens is 1. The Hall–Kier alpha value is -1.37. The van der Waals surface area contributed by atoms with Crippen molar-refractivity contribution in [1.29, 1.82) is 0 Å². The van der Waals surface area contributed by atoms with E-state index >= 15 is 0 Å². The van der Waals surface area contributed by atoms with Crippen molar-refractivity contribution in [3.05, 3.63) is 22.5 Å². The highest BCUT2D eigenvalue weighted by molar-refractivity contribution is 6.33. The maximum Gasteiger partial charge on any atom is 0.176 e. The molecule has 140 valence electrons. The number of anilines is 1. The Bertz CT molecular complexity index is 840. The SMILES string of the molecule is NCC1Cc2c(nc3c(Cl)cnn3c2N[C@@H]2CC[C@@H](N)C2)C12CCCC2. The first-order valence-corrected chi connectivity index (χ1v) is 10.3. The smallest absolute Gasteiger partial charge is 0.176 e. The minimum Gasteiger partial charge on any atom is -0.367 e. The van der Waals surface area contributed by atoms with Crippen LogP contribution in [0.4, 0.5) is 5.82 Å². The van der Waals surface area contributed by atoms with E-state index in [0.717, 1.165) is 37.1 Å². The number of hydrogen-bond acceptors (Lipinski definition) is 5. The molecule has 0 radical (unpaired) electrons. The molecule has 2 fully saturated rings. The van der Waals surface area contributed by atoms with Crippen molar-refractivity contribution in [2.24, 2.45) is 17.4 Å². The van der Waals surface area contributed by atoms with Gasteiger partial charge < -0.3 is 16.8 Å². The fourth-order valence-corrected chi connectivity index (χ4v) is 5.86. The number of rotatable bonds is 3. The summed E-state index contributed by atoms with van der Waals surface area (Å²) in [7, 11) is 0. The van der Waals surface area contributed by atoms with Gasteiger partial charge in [-0.15, -0.1) is 0 Å². The number of nitrogens with zero attached hydrogens (tertiary/aromatic N) is 3. The van der Waals surface area contributed by atoms with Crippen LogP contribution in [0, 0.1) is 5.92 Å². The molecule has 3 atom stereocenters. The predicted molar refractivity (Wildman–Crippen MR) is 104 cm³/mol. The molecule has 2 aromatic heterocycles. The number of nitrogens with two attached hydrogens (primary N) is 2. The number of nitrogens with one attached hydrogen (secondary N) is 1. The molecule has 0 aliphatic heterocycles. The van der Waals surface area contributed by atoms with E-state index in [1.54, 1.807) is 6.20 Å². The average Bonchev–Trinajstić information content (AvgIpc) is 3.39. The van der Waals surface area contributed by atoms with Crippen LogP contribution in [0.2, 0.25) is 5.02 Å². The molecule has 5 rings (SSSR count). The molecule has 6 nitrogen and oxygen atoms in total. The molecule has 0 saturated heterocycles. The molecule has 1 spiro atoms. The van der Waals surface area contributed by atoms with Gasteiger partial charge in [0, 0.05) is 23.1 Å². The zero-order valence-electron chi connectivity index (χ0n) is 15.0. The number of fused-ring (bicyclic) bond motifs is 3. The van der Waals surface area contributed by atoms with Gasteiger partial charge in [-0.3, -0.25) is 0 Å². The fraction of sp³-hybridized carbons (Fsp3) is 0.684. The van der Waals surface area contributed by atoms with Gasteiger partial charge in [0.2, 0.25) is 0 Å². The normalized spacial score (nSPS) is 29.7. The lowest BCUT2D eigenvalue weighted by atomic mass is 9.75. The van der Waals surface area contributed by atoms with Gasteiger partial charge in [0.15, 0.2) is 5.65 Å². The van der Waals surface area contributed by atoms with Gasteiger partial charge in [-0.2, -0.15) is 9.61 Å². The molecule has 0 aromatic carbocycles. The van der Waals surface area contributed by atoms with Crippen LogP contribution in [-0.4, -0.2) is 33.2 Å². The summed E-state index contributed by atoms with van der Waals surface area (Å²) >= 11 is 6.43. The highest BCUT2D eigenvalue weighted by Crippen LogP contribution is 2.54. The van der Waals surface area contributed by atoms with Crippen molar-refractivity contribution in [3.8, 4) is 0 Å². The second-order valence-electron chi connectivity index (χ2n) is 8.43. The summed E-state index contributed by atoms with van der Waals surface area (Å²) in [4.78, 5) is 5.05. The molecule has 26 heavy (non-hydrogen) atoms. The summed E-state index contributed by atoms with van der Waals surface area (Å²) in [6.45, 7) is 0.708. The van der Waals surface area contributed by atoms with Crippen LogP contribution >= 0.6 is 11.6 Å². The van der Waals surface area contributed by atoms with Crippen LogP contribution in [0.3, 0.4) is 0 Å². The van der Waals surface area contributed by atoms with Crippen LogP contribution in [0.25, 0.3) is 5.65 Å². The van der Waals surface area contributed by atoms with Crippen molar-refractivity contribution in [1.82, 2.24) is 14.6 Å². The Morgan fingerprint density at radius 2 is 2.12 bits per heavy atom. The van der Waals surface area contributed by atoms with E-state index in [2.05, 4.69) is 10.4 Å². The second kappa shape index (κ2) is 6.08. The van der Waals surface area contributed by atoms with Crippen LogP contribution in [-0.2, 0) is 11.8 Å². The van der Waals surface area contributed by atoms with E-state index in [9.17, 15) is 0 Å². The highest BCUT2D eigenvalue weighted by Gasteiger charge is 2.50. The zero-order chi connectivity index (χ0) is 17.9. The van der Waals surface area contributed by atoms with Gasteiger partial charge in [0.05, 0.1) is 11.9 Å². The maximum absolute atomic E-state index is 6.43. The summed E-state index contributed by atoms with van der Waals surface area (Å²) in [5, 5.41) is 8.89. The lowest BCUT2D eigenvalue weighted by Crippen LogP contribution is -2.34. The van der Waals surface area contributed by atoms with E-state index in [1.807, 2.05) is 4.52 Å². The highest BCUT2D eigenvalue weighted by atomic mass is 35.5. The minimum absolute atomic E-state index is 0.127. The molecule has 2 saturated carbocycles. The Morgan fingerprint density at radius 3 is 2.81 bits per heavy atom. The third kappa shape index (κ3) is 2.31. The van der Waals surface area contributed by atoms with E-state index < -0.39 is 0 Å². The Labute approximate surface area is 158 Å². The van der Waals surface area contributed by atoms with Gasteiger partial charge in [-0.05, 0) is 51.0 Å². The lowest BCUT2D eigenvalue weighted by molar-refractivity contribution is 0.300. The summed E-state index contributed by atoms with van der Waals surface area (Å²) < 4.78 is 1.90. The number of hydrogen-bond donors (Lipinski definition) is 3. The Kier molecular flexibility index (Phi) is 3.92. The summed E-state index contributed by atoms with van der Waals surface area (Å²) in [6.07, 6.45) is 10.7. The molecule has 1 unspecified atom stereocenters. The molecule has 7 heteroatoms. The predicted octanol–water partition coefficient (Wildman–Crippen LogP) is 2.62. The lowest BCUT2D eigenvalue weighted by Gasteiger charge is -2.30. The van der Waals surface area contributed by atoms with E-state index in [0.29, 0.717) is 23.5 Å². The molecule has 0 amide bonds. The monoisotopic (exact) mass is 374 g/mol. The van der Waals surface area contributed by atoms with Crippen molar-refractivity contribution in [2.75, 3.05) is 11.9 Å². The number of aromatic nitrogens is 3. The topological polar surface area (TPSA) is 94.3 Å². The van der Waals surface area contributed by atoms with Crippen LogP contribution in [0.1, 0.15) is 56.2 Å². The Balaban J connectivity index is 1.67. The fourth-order valence-electron chi connectivity index (χ4n) is 5.69. The third-order valence-corrected chi connectivity index (χ3v) is 7.27. The van der Waals surface area contributed by atoms with Crippen LogP contribution in [0.15, 0.2) is 6.20 Å². The van der Waals surface area contributed by atoms with Crippen molar-refractivity contribution in [2.45, 2.75) is 68.9 Å². The zero-order valence-corrected chi connectivity index (χ0v) is 15.8. The average molecular weight is 375 g/mol. The van der Waals surface area contributed by atoms with E-state index in [1.165, 1.54) is 36.9 Å². The van der Waals surface area contributed by atoms with E-state index in [-0.39, 0.29) is 11.5 Å². The first-order chi connectivity index (χ1) is 12.6. The van der Waals surface area contributed by atoms with Gasteiger partial charge in [0.1, 0.15) is 10.8 Å². The standard InChI is InChI=1S/C19H27ClN6/c20-15-10-23-26-17(24-13-4-3-12(22)8-13)14-7-11(9-21)19(5-1-2-6-19)16(14)25-18(15)26/h10-13,24H,1-9,21-22H2/t11?,12-,13-/m1/s1. The first kappa shape index (κ1) is 16.8. The molecule has 2 heterocycles. The van der Waals surface area contributed by atoms with Gasteiger partial charge in [0.25, 0.3) is 0 Å².